The summed E-state index contributed by atoms with van der Waals surface area (Å²) >= 11 is 0. The van der Waals surface area contributed by atoms with Gasteiger partial charge in [-0.3, -0.25) is 4.98 Å². The number of aromatic nitrogens is 1. The lowest BCUT2D eigenvalue weighted by atomic mass is 10.2. The highest BCUT2D eigenvalue weighted by Gasteiger charge is 2.00. The Labute approximate surface area is 70.9 Å². The zero-order valence-corrected chi connectivity index (χ0v) is 6.83. The smallest absolute Gasteiger partial charge is 0.118 e. The van der Waals surface area contributed by atoms with Gasteiger partial charge in [0.05, 0.1) is 0 Å². The molecule has 0 saturated carbocycles. The minimum absolute atomic E-state index is 0.430. The predicted octanol–water partition coefficient (Wildman–Crippen LogP) is 0.712. The molecular formula is C10H11NO. The molecule has 0 spiro atoms. The van der Waals surface area contributed by atoms with Crippen LogP contribution < -0.4 is 10.6 Å². The van der Waals surface area contributed by atoms with E-state index in [2.05, 4.69) is 11.1 Å². The van der Waals surface area contributed by atoms with Crippen LogP contribution in [0.25, 0.3) is 11.8 Å². The van der Waals surface area contributed by atoms with Crippen LogP contribution in [0.1, 0.15) is 19.3 Å². The molecule has 2 heteroatoms. The maximum atomic E-state index is 9.58. The topological polar surface area (TPSA) is 33.1 Å². The largest absolute Gasteiger partial charge is 0.510 e. The molecule has 1 aliphatic carbocycles. The van der Waals surface area contributed by atoms with Crippen molar-refractivity contribution >= 4 is 11.8 Å². The molecule has 0 unspecified atom stereocenters. The Morgan fingerprint density at radius 3 is 3.25 bits per heavy atom. The van der Waals surface area contributed by atoms with Crippen LogP contribution in [-0.2, 0) is 0 Å². The fourth-order valence-electron chi connectivity index (χ4n) is 1.47. The predicted molar refractivity (Wildman–Crippen MR) is 47.8 cm³/mol. The molecule has 2 rings (SSSR count). The minimum Gasteiger partial charge on any atom is -0.510 e. The molecule has 62 valence electrons. The Bertz CT molecular complexity index is 395. The second-order valence-electron chi connectivity index (χ2n) is 2.98. The van der Waals surface area contributed by atoms with Gasteiger partial charge >= 0.3 is 0 Å². The van der Waals surface area contributed by atoms with Gasteiger partial charge in [0, 0.05) is 12.6 Å². The van der Waals surface area contributed by atoms with Gasteiger partial charge in [-0.2, -0.15) is 0 Å². The molecule has 0 aliphatic heterocycles. The molecule has 1 aromatic heterocycles. The summed E-state index contributed by atoms with van der Waals surface area (Å²) in [4.78, 5) is 4.14. The van der Waals surface area contributed by atoms with Crippen LogP contribution in [0.2, 0.25) is 0 Å². The summed E-state index contributed by atoms with van der Waals surface area (Å²) in [5.74, 6) is 0.430. The van der Waals surface area contributed by atoms with Crippen molar-refractivity contribution in [3.8, 4) is 0 Å². The molecular weight excluding hydrogens is 150 g/mol. The van der Waals surface area contributed by atoms with Crippen molar-refractivity contribution in [2.24, 2.45) is 0 Å². The fraction of sp³-hybridized carbons (Fsp3) is 0.300. The Hall–Kier alpha value is -1.31. The standard InChI is InChI=1S/C10H11NO/c12-9-6-2-1-4-8-5-3-7-11-10(8)9/h3-5,7,12H,1-2,6H2. The molecule has 0 bridgehead atoms. The van der Waals surface area contributed by atoms with Gasteiger partial charge in [-0.15, -0.1) is 0 Å². The third kappa shape index (κ3) is 1.20. The zero-order valence-electron chi connectivity index (χ0n) is 6.83. The lowest BCUT2D eigenvalue weighted by Gasteiger charge is -1.93. The fourth-order valence-corrected chi connectivity index (χ4v) is 1.47. The lowest BCUT2D eigenvalue weighted by molar-refractivity contribution is 0.472. The number of aliphatic hydroxyl groups is 1. The van der Waals surface area contributed by atoms with Crippen LogP contribution in [0.5, 0.6) is 0 Å². The first kappa shape index (κ1) is 7.35. The van der Waals surface area contributed by atoms with Gasteiger partial charge in [-0.25, -0.2) is 0 Å². The van der Waals surface area contributed by atoms with Gasteiger partial charge < -0.3 is 5.11 Å². The number of aliphatic hydroxyl groups excluding tert-OH is 1. The number of hydrogen-bond acceptors (Lipinski definition) is 2. The summed E-state index contributed by atoms with van der Waals surface area (Å²) in [5, 5.41) is 11.4. The summed E-state index contributed by atoms with van der Waals surface area (Å²) in [7, 11) is 0. The summed E-state index contributed by atoms with van der Waals surface area (Å²) in [6, 6.07) is 3.89. The normalized spacial score (nSPS) is 16.2. The van der Waals surface area contributed by atoms with Gasteiger partial charge in [-0.05, 0) is 24.1 Å². The zero-order chi connectivity index (χ0) is 8.39. The molecule has 0 saturated heterocycles. The SMILES string of the molecule is OC1=c2ncccc2=CCCC1. The molecule has 0 atom stereocenters. The molecule has 0 fully saturated rings. The third-order valence-electron chi connectivity index (χ3n) is 2.09. The van der Waals surface area contributed by atoms with E-state index in [0.29, 0.717) is 5.76 Å². The molecule has 12 heavy (non-hydrogen) atoms. The number of pyridine rings is 1. The first-order chi connectivity index (χ1) is 5.88. The van der Waals surface area contributed by atoms with E-state index in [1.54, 1.807) is 6.20 Å². The van der Waals surface area contributed by atoms with Crippen LogP contribution in [0, 0.1) is 0 Å². The Morgan fingerprint density at radius 1 is 1.42 bits per heavy atom. The average Bonchev–Trinajstić information content (AvgIpc) is 2.29. The van der Waals surface area contributed by atoms with Crippen molar-refractivity contribution in [2.75, 3.05) is 0 Å². The number of nitrogens with zero attached hydrogens (tertiary/aromatic N) is 1. The Balaban J connectivity index is 2.81. The molecule has 1 heterocycles. The van der Waals surface area contributed by atoms with Gasteiger partial charge in [0.15, 0.2) is 0 Å². The van der Waals surface area contributed by atoms with Crippen LogP contribution in [0.4, 0.5) is 0 Å². The summed E-state index contributed by atoms with van der Waals surface area (Å²) in [5.41, 5.74) is 0. The second-order valence-corrected chi connectivity index (χ2v) is 2.98. The van der Waals surface area contributed by atoms with E-state index in [9.17, 15) is 5.11 Å². The van der Waals surface area contributed by atoms with Crippen molar-refractivity contribution in [3.05, 3.63) is 28.9 Å². The molecule has 0 amide bonds. The molecule has 0 radical (unpaired) electrons. The van der Waals surface area contributed by atoms with Crippen LogP contribution >= 0.6 is 0 Å². The average molecular weight is 161 g/mol. The molecule has 1 N–H and O–H groups in total. The highest BCUT2D eigenvalue weighted by Crippen LogP contribution is 2.04. The second kappa shape index (κ2) is 2.97. The van der Waals surface area contributed by atoms with E-state index in [1.807, 2.05) is 12.1 Å². The van der Waals surface area contributed by atoms with Gasteiger partial charge in [-0.1, -0.05) is 12.1 Å². The maximum absolute atomic E-state index is 9.58. The van der Waals surface area contributed by atoms with E-state index in [4.69, 9.17) is 0 Å². The molecule has 2 nitrogen and oxygen atoms in total. The molecule has 1 aliphatic rings. The van der Waals surface area contributed by atoms with Crippen LogP contribution in [0.3, 0.4) is 0 Å². The summed E-state index contributed by atoms with van der Waals surface area (Å²) in [6.07, 6.45) is 6.64. The number of fused-ring (bicyclic) bond motifs is 1. The first-order valence-electron chi connectivity index (χ1n) is 4.21. The van der Waals surface area contributed by atoms with Gasteiger partial charge in [0.1, 0.15) is 11.1 Å². The Kier molecular flexibility index (Phi) is 1.82. The van der Waals surface area contributed by atoms with E-state index in [1.165, 1.54) is 0 Å². The Morgan fingerprint density at radius 2 is 2.33 bits per heavy atom. The van der Waals surface area contributed by atoms with Crippen molar-refractivity contribution in [1.82, 2.24) is 4.98 Å². The van der Waals surface area contributed by atoms with Crippen LogP contribution in [0.15, 0.2) is 18.3 Å². The number of rotatable bonds is 0. The van der Waals surface area contributed by atoms with E-state index in [0.717, 1.165) is 29.8 Å². The molecule has 0 aromatic carbocycles. The summed E-state index contributed by atoms with van der Waals surface area (Å²) in [6.45, 7) is 0. The molecule has 1 aromatic rings. The summed E-state index contributed by atoms with van der Waals surface area (Å²) < 4.78 is 0. The highest BCUT2D eigenvalue weighted by atomic mass is 16.3. The minimum atomic E-state index is 0.430. The van der Waals surface area contributed by atoms with Crippen molar-refractivity contribution in [1.29, 1.82) is 0 Å². The van der Waals surface area contributed by atoms with E-state index < -0.39 is 0 Å². The first-order valence-corrected chi connectivity index (χ1v) is 4.21. The van der Waals surface area contributed by atoms with Gasteiger partial charge in [0.2, 0.25) is 0 Å². The number of hydrogen-bond donors (Lipinski definition) is 1. The van der Waals surface area contributed by atoms with Crippen molar-refractivity contribution in [3.63, 3.8) is 0 Å². The van der Waals surface area contributed by atoms with Crippen LogP contribution in [-0.4, -0.2) is 10.1 Å². The monoisotopic (exact) mass is 161 g/mol. The van der Waals surface area contributed by atoms with Crippen molar-refractivity contribution < 1.29 is 5.11 Å². The van der Waals surface area contributed by atoms with Gasteiger partial charge in [0.25, 0.3) is 0 Å². The van der Waals surface area contributed by atoms with E-state index >= 15 is 0 Å². The lowest BCUT2D eigenvalue weighted by Crippen LogP contribution is -2.29. The quantitative estimate of drug-likeness (QED) is 0.608. The van der Waals surface area contributed by atoms with E-state index in [-0.39, 0.29) is 0 Å². The third-order valence-corrected chi connectivity index (χ3v) is 2.09. The van der Waals surface area contributed by atoms with Crippen molar-refractivity contribution in [2.45, 2.75) is 19.3 Å². The maximum Gasteiger partial charge on any atom is 0.118 e. The highest BCUT2D eigenvalue weighted by molar-refractivity contribution is 5.37.